The molecule has 0 aliphatic heterocycles. The summed E-state index contributed by atoms with van der Waals surface area (Å²) >= 11 is 0. The van der Waals surface area contributed by atoms with Crippen molar-refractivity contribution >= 4 is 5.97 Å². The maximum atomic E-state index is 11.1. The van der Waals surface area contributed by atoms with E-state index in [2.05, 4.69) is 5.10 Å². The molecule has 5 nitrogen and oxygen atoms in total. The molecule has 1 aromatic carbocycles. The Labute approximate surface area is 109 Å². The summed E-state index contributed by atoms with van der Waals surface area (Å²) in [6, 6.07) is 14.7. The third-order valence-electron chi connectivity index (χ3n) is 2.78. The van der Waals surface area contributed by atoms with Gasteiger partial charge in [0.25, 0.3) is 0 Å². The molecule has 0 saturated carbocycles. The maximum Gasteiger partial charge on any atom is 0.356 e. The quantitative estimate of drug-likeness (QED) is 0.779. The van der Waals surface area contributed by atoms with E-state index in [1.807, 2.05) is 59.4 Å². The topological polar surface area (TPSA) is 60.0 Å². The number of carbonyl (C=O) groups is 1. The molecule has 2 heterocycles. The summed E-state index contributed by atoms with van der Waals surface area (Å²) in [5.74, 6) is -0.350. The number of nitrogens with zero attached hydrogens (tertiary/aromatic N) is 3. The Morgan fingerprint density at radius 3 is 2.37 bits per heavy atom. The van der Waals surface area contributed by atoms with Crippen molar-refractivity contribution in [3.05, 3.63) is 66.6 Å². The highest BCUT2D eigenvalue weighted by Gasteiger charge is 2.15. The molecule has 5 heteroatoms. The number of benzene rings is 1. The van der Waals surface area contributed by atoms with E-state index in [1.54, 1.807) is 10.7 Å². The van der Waals surface area contributed by atoms with Crippen molar-refractivity contribution in [3.8, 4) is 11.5 Å². The van der Waals surface area contributed by atoms with Gasteiger partial charge in [-0.1, -0.05) is 18.2 Å². The Morgan fingerprint density at radius 1 is 1.05 bits per heavy atom. The molecule has 94 valence electrons. The zero-order chi connectivity index (χ0) is 13.2. The molecule has 0 spiro atoms. The van der Waals surface area contributed by atoms with Crippen molar-refractivity contribution in [1.29, 1.82) is 0 Å². The van der Waals surface area contributed by atoms with Crippen LogP contribution in [0.25, 0.3) is 11.5 Å². The molecule has 3 rings (SSSR count). The van der Waals surface area contributed by atoms with Gasteiger partial charge in [0.15, 0.2) is 5.69 Å². The van der Waals surface area contributed by atoms with Gasteiger partial charge in [-0.05, 0) is 24.3 Å². The Balaban J connectivity index is 2.20. The Morgan fingerprint density at radius 2 is 1.74 bits per heavy atom. The van der Waals surface area contributed by atoms with Crippen LogP contribution in [0.1, 0.15) is 10.5 Å². The fraction of sp³-hybridized carbons (Fsp3) is 0. The van der Waals surface area contributed by atoms with Crippen molar-refractivity contribution in [2.24, 2.45) is 0 Å². The number of aromatic carboxylic acids is 1. The summed E-state index contributed by atoms with van der Waals surface area (Å²) in [6.45, 7) is 0. The number of para-hydroxylation sites is 1. The lowest BCUT2D eigenvalue weighted by Gasteiger charge is -2.07. The molecule has 0 aliphatic rings. The fourth-order valence-electron chi connectivity index (χ4n) is 1.91. The lowest BCUT2D eigenvalue weighted by molar-refractivity contribution is 0.0690. The van der Waals surface area contributed by atoms with Gasteiger partial charge < -0.3 is 9.67 Å². The van der Waals surface area contributed by atoms with Crippen LogP contribution in [0, 0.1) is 0 Å². The molecule has 0 bridgehead atoms. The van der Waals surface area contributed by atoms with Gasteiger partial charge in [0.05, 0.1) is 5.69 Å². The lowest BCUT2D eigenvalue weighted by atomic mass is 10.3. The standard InChI is InChI=1S/C14H11N3O2/c18-14(19)12-10-13(16-8-4-5-9-16)17(15-12)11-6-2-1-3-7-11/h1-10H,(H,18,19). The first-order chi connectivity index (χ1) is 9.25. The van der Waals surface area contributed by atoms with Gasteiger partial charge >= 0.3 is 5.97 Å². The number of carboxylic acids is 1. The lowest BCUT2D eigenvalue weighted by Crippen LogP contribution is -2.04. The highest BCUT2D eigenvalue weighted by molar-refractivity contribution is 5.86. The van der Waals surface area contributed by atoms with Crippen molar-refractivity contribution < 1.29 is 9.90 Å². The van der Waals surface area contributed by atoms with Crippen LogP contribution in [0.15, 0.2) is 60.9 Å². The molecular formula is C14H11N3O2. The fourth-order valence-corrected chi connectivity index (χ4v) is 1.91. The minimum atomic E-state index is -1.04. The van der Waals surface area contributed by atoms with Gasteiger partial charge in [-0.25, -0.2) is 9.48 Å². The first kappa shape index (κ1) is 11.3. The van der Waals surface area contributed by atoms with Crippen LogP contribution in [-0.2, 0) is 0 Å². The van der Waals surface area contributed by atoms with E-state index in [1.165, 1.54) is 0 Å². The second-order valence-electron chi connectivity index (χ2n) is 4.03. The highest BCUT2D eigenvalue weighted by Crippen LogP contribution is 2.16. The summed E-state index contributed by atoms with van der Waals surface area (Å²) in [5, 5.41) is 13.2. The molecule has 0 aliphatic carbocycles. The van der Waals surface area contributed by atoms with E-state index in [-0.39, 0.29) is 5.69 Å². The van der Waals surface area contributed by atoms with Crippen LogP contribution in [0.2, 0.25) is 0 Å². The van der Waals surface area contributed by atoms with Crippen molar-refractivity contribution in [1.82, 2.24) is 14.3 Å². The van der Waals surface area contributed by atoms with E-state index in [9.17, 15) is 4.79 Å². The minimum absolute atomic E-state index is 0.0209. The third kappa shape index (κ3) is 2.01. The van der Waals surface area contributed by atoms with Gasteiger partial charge in [0.1, 0.15) is 5.82 Å². The second kappa shape index (κ2) is 4.45. The molecule has 0 amide bonds. The Kier molecular flexibility index (Phi) is 2.64. The van der Waals surface area contributed by atoms with Crippen molar-refractivity contribution in [3.63, 3.8) is 0 Å². The average Bonchev–Trinajstić information content (AvgIpc) is 3.08. The molecule has 0 fully saturated rings. The average molecular weight is 253 g/mol. The van der Waals surface area contributed by atoms with Gasteiger partial charge in [-0.3, -0.25) is 0 Å². The Bertz CT molecular complexity index is 700. The molecular weight excluding hydrogens is 242 g/mol. The minimum Gasteiger partial charge on any atom is -0.476 e. The van der Waals surface area contributed by atoms with Crippen LogP contribution < -0.4 is 0 Å². The summed E-state index contributed by atoms with van der Waals surface area (Å²) in [5.41, 5.74) is 0.839. The zero-order valence-electron chi connectivity index (χ0n) is 9.97. The maximum absolute atomic E-state index is 11.1. The highest BCUT2D eigenvalue weighted by atomic mass is 16.4. The van der Waals surface area contributed by atoms with Crippen LogP contribution in [-0.4, -0.2) is 25.4 Å². The Hall–Kier alpha value is -2.82. The predicted octanol–water partition coefficient (Wildman–Crippen LogP) is 2.36. The molecule has 0 saturated heterocycles. The normalized spacial score (nSPS) is 10.5. The van der Waals surface area contributed by atoms with E-state index in [4.69, 9.17) is 5.11 Å². The van der Waals surface area contributed by atoms with Crippen LogP contribution >= 0.6 is 0 Å². The van der Waals surface area contributed by atoms with E-state index in [0.717, 1.165) is 5.69 Å². The SMILES string of the molecule is O=C(O)c1cc(-n2cccc2)n(-c2ccccc2)n1. The van der Waals surface area contributed by atoms with Crippen LogP contribution in [0.5, 0.6) is 0 Å². The van der Waals surface area contributed by atoms with Gasteiger partial charge in [-0.2, -0.15) is 5.10 Å². The number of carboxylic acid groups (broad SMARTS) is 1. The van der Waals surface area contributed by atoms with E-state index >= 15 is 0 Å². The van der Waals surface area contributed by atoms with Crippen molar-refractivity contribution in [2.45, 2.75) is 0 Å². The smallest absolute Gasteiger partial charge is 0.356 e. The third-order valence-corrected chi connectivity index (χ3v) is 2.78. The summed E-state index contributed by atoms with van der Waals surface area (Å²) < 4.78 is 3.44. The van der Waals surface area contributed by atoms with E-state index < -0.39 is 5.97 Å². The number of hydrogen-bond donors (Lipinski definition) is 1. The van der Waals surface area contributed by atoms with Crippen molar-refractivity contribution in [2.75, 3.05) is 0 Å². The van der Waals surface area contributed by atoms with E-state index in [0.29, 0.717) is 5.82 Å². The van der Waals surface area contributed by atoms with Gasteiger partial charge in [-0.15, -0.1) is 0 Å². The second-order valence-corrected chi connectivity index (χ2v) is 4.03. The molecule has 1 N–H and O–H groups in total. The van der Waals surface area contributed by atoms with Crippen LogP contribution in [0.3, 0.4) is 0 Å². The summed E-state index contributed by atoms with van der Waals surface area (Å²) in [4.78, 5) is 11.1. The first-order valence-corrected chi connectivity index (χ1v) is 5.78. The summed E-state index contributed by atoms with van der Waals surface area (Å²) in [7, 11) is 0. The number of rotatable bonds is 3. The molecule has 2 aromatic heterocycles. The van der Waals surface area contributed by atoms with Gasteiger partial charge in [0.2, 0.25) is 0 Å². The number of hydrogen-bond acceptors (Lipinski definition) is 2. The van der Waals surface area contributed by atoms with Crippen LogP contribution in [0.4, 0.5) is 0 Å². The molecule has 0 radical (unpaired) electrons. The molecule has 19 heavy (non-hydrogen) atoms. The summed E-state index contributed by atoms with van der Waals surface area (Å²) in [6.07, 6.45) is 3.70. The molecule has 0 atom stereocenters. The monoisotopic (exact) mass is 253 g/mol. The molecule has 3 aromatic rings. The largest absolute Gasteiger partial charge is 0.476 e. The predicted molar refractivity (Wildman–Crippen MR) is 69.9 cm³/mol. The first-order valence-electron chi connectivity index (χ1n) is 5.78. The zero-order valence-corrected chi connectivity index (χ0v) is 9.97. The van der Waals surface area contributed by atoms with Gasteiger partial charge in [0, 0.05) is 18.5 Å². The molecule has 0 unspecified atom stereocenters. The number of aromatic nitrogens is 3.